The lowest BCUT2D eigenvalue weighted by Crippen LogP contribution is -2.24. The van der Waals surface area contributed by atoms with E-state index in [0.29, 0.717) is 11.6 Å². The summed E-state index contributed by atoms with van der Waals surface area (Å²) >= 11 is 8.47. The highest BCUT2D eigenvalue weighted by Gasteiger charge is 2.24. The van der Waals surface area contributed by atoms with Crippen LogP contribution in [0.15, 0.2) is 52.4 Å². The van der Waals surface area contributed by atoms with Crippen molar-refractivity contribution in [2.75, 3.05) is 18.8 Å². The smallest absolute Gasteiger partial charge is 0.159 e. The summed E-state index contributed by atoms with van der Waals surface area (Å²) in [5.74, 6) is 2.89. The van der Waals surface area contributed by atoms with Gasteiger partial charge in [0.2, 0.25) is 0 Å². The van der Waals surface area contributed by atoms with Crippen molar-refractivity contribution in [1.29, 1.82) is 0 Å². The third-order valence-electron chi connectivity index (χ3n) is 5.50. The number of benzene rings is 2. The number of aliphatic imine (C=N–C) groups is 1. The number of fused-ring (bicyclic) bond motifs is 3. The molecule has 162 valence electrons. The van der Waals surface area contributed by atoms with Crippen molar-refractivity contribution in [1.82, 2.24) is 19.7 Å². The van der Waals surface area contributed by atoms with E-state index in [0.717, 1.165) is 66.0 Å². The molecular weight excluding hydrogens is 426 g/mol. The van der Waals surface area contributed by atoms with Crippen LogP contribution < -0.4 is 0 Å². The first-order chi connectivity index (χ1) is 15.2. The SMILES string of the molecule is CCCSc1ccc2c(c1)C(c1ccccc1Cl)=NCc1nnc(CN(CC)CC)n1-2. The van der Waals surface area contributed by atoms with Crippen LogP contribution in [-0.2, 0) is 13.1 Å². The second-order valence-corrected chi connectivity index (χ2v) is 9.08. The first-order valence-electron chi connectivity index (χ1n) is 10.9. The molecule has 5 nitrogen and oxygen atoms in total. The molecule has 0 amide bonds. The van der Waals surface area contributed by atoms with Crippen LogP contribution in [-0.4, -0.2) is 44.2 Å². The van der Waals surface area contributed by atoms with Crippen molar-refractivity contribution in [2.24, 2.45) is 4.99 Å². The van der Waals surface area contributed by atoms with Crippen molar-refractivity contribution >= 4 is 29.1 Å². The van der Waals surface area contributed by atoms with Crippen molar-refractivity contribution in [2.45, 2.75) is 45.2 Å². The summed E-state index contributed by atoms with van der Waals surface area (Å²) in [5.41, 5.74) is 4.01. The average molecular weight is 454 g/mol. The molecule has 1 aliphatic rings. The van der Waals surface area contributed by atoms with E-state index >= 15 is 0 Å². The predicted octanol–water partition coefficient (Wildman–Crippen LogP) is 5.62. The minimum Gasteiger partial charge on any atom is -0.296 e. The van der Waals surface area contributed by atoms with Gasteiger partial charge < -0.3 is 0 Å². The highest BCUT2D eigenvalue weighted by molar-refractivity contribution is 7.99. The van der Waals surface area contributed by atoms with Gasteiger partial charge in [0, 0.05) is 21.0 Å². The third kappa shape index (κ3) is 4.56. The zero-order chi connectivity index (χ0) is 21.8. The van der Waals surface area contributed by atoms with Crippen LogP contribution in [0.1, 0.15) is 50.0 Å². The van der Waals surface area contributed by atoms with Crippen LogP contribution in [0.25, 0.3) is 5.69 Å². The lowest BCUT2D eigenvalue weighted by atomic mass is 10.0. The maximum Gasteiger partial charge on any atom is 0.159 e. The van der Waals surface area contributed by atoms with E-state index in [1.807, 2.05) is 36.0 Å². The molecular formula is C24H28ClN5S. The molecule has 0 N–H and O–H groups in total. The number of hydrogen-bond donors (Lipinski definition) is 0. The molecule has 0 unspecified atom stereocenters. The van der Waals surface area contributed by atoms with Crippen LogP contribution in [0.4, 0.5) is 0 Å². The summed E-state index contributed by atoms with van der Waals surface area (Å²) in [7, 11) is 0. The van der Waals surface area contributed by atoms with Gasteiger partial charge in [0.25, 0.3) is 0 Å². The average Bonchev–Trinajstić information content (AvgIpc) is 3.11. The topological polar surface area (TPSA) is 46.3 Å². The normalized spacial score (nSPS) is 13.0. The minimum absolute atomic E-state index is 0.470. The van der Waals surface area contributed by atoms with Gasteiger partial charge in [-0.05, 0) is 49.5 Å². The molecule has 7 heteroatoms. The van der Waals surface area contributed by atoms with E-state index < -0.39 is 0 Å². The summed E-state index contributed by atoms with van der Waals surface area (Å²) in [6.45, 7) is 9.72. The summed E-state index contributed by atoms with van der Waals surface area (Å²) in [4.78, 5) is 8.57. The molecule has 1 aliphatic heterocycles. The largest absolute Gasteiger partial charge is 0.296 e. The molecule has 0 atom stereocenters. The van der Waals surface area contributed by atoms with E-state index in [2.05, 4.69) is 58.6 Å². The molecule has 0 aliphatic carbocycles. The standard InChI is InChI=1S/C24H28ClN5S/c1-4-13-31-17-11-12-21-19(14-17)24(18-9-7-8-10-20(18)25)26-15-22-27-28-23(30(21)22)16-29(5-2)6-3/h7-12,14H,4-6,13,15-16H2,1-3H3. The molecule has 0 spiro atoms. The highest BCUT2D eigenvalue weighted by Crippen LogP contribution is 2.32. The van der Waals surface area contributed by atoms with E-state index in [9.17, 15) is 0 Å². The van der Waals surface area contributed by atoms with Gasteiger partial charge in [0.15, 0.2) is 11.6 Å². The van der Waals surface area contributed by atoms with Crippen molar-refractivity contribution < 1.29 is 0 Å². The lowest BCUT2D eigenvalue weighted by Gasteiger charge is -2.19. The molecule has 31 heavy (non-hydrogen) atoms. The van der Waals surface area contributed by atoms with Gasteiger partial charge in [-0.1, -0.05) is 50.6 Å². The Morgan fingerprint density at radius 3 is 2.58 bits per heavy atom. The van der Waals surface area contributed by atoms with E-state index in [1.165, 1.54) is 4.90 Å². The highest BCUT2D eigenvalue weighted by atomic mass is 35.5. The van der Waals surface area contributed by atoms with Gasteiger partial charge in [-0.2, -0.15) is 0 Å². The molecule has 0 bridgehead atoms. The van der Waals surface area contributed by atoms with Gasteiger partial charge in [-0.25, -0.2) is 0 Å². The first-order valence-corrected chi connectivity index (χ1v) is 12.2. The second-order valence-electron chi connectivity index (χ2n) is 7.50. The number of halogens is 1. The van der Waals surface area contributed by atoms with Crippen molar-refractivity contribution in [3.05, 3.63) is 70.3 Å². The predicted molar refractivity (Wildman–Crippen MR) is 130 cm³/mol. The molecule has 4 rings (SSSR count). The summed E-state index contributed by atoms with van der Waals surface area (Å²) in [6, 6.07) is 14.5. The molecule has 0 fully saturated rings. The van der Waals surface area contributed by atoms with Crippen LogP contribution in [0.3, 0.4) is 0 Å². The molecule has 3 aromatic rings. The zero-order valence-electron chi connectivity index (χ0n) is 18.3. The maximum absolute atomic E-state index is 6.60. The van der Waals surface area contributed by atoms with E-state index in [1.54, 1.807) is 0 Å². The maximum atomic E-state index is 6.60. The van der Waals surface area contributed by atoms with Crippen LogP contribution >= 0.6 is 23.4 Å². The Morgan fingerprint density at radius 2 is 1.84 bits per heavy atom. The van der Waals surface area contributed by atoms with Crippen LogP contribution in [0.2, 0.25) is 5.02 Å². The number of rotatable bonds is 8. The summed E-state index contributed by atoms with van der Waals surface area (Å²) < 4.78 is 2.19. The van der Waals surface area contributed by atoms with Gasteiger partial charge in [-0.15, -0.1) is 22.0 Å². The van der Waals surface area contributed by atoms with Crippen molar-refractivity contribution in [3.8, 4) is 5.69 Å². The van der Waals surface area contributed by atoms with Gasteiger partial charge >= 0.3 is 0 Å². The van der Waals surface area contributed by atoms with Gasteiger partial charge in [0.1, 0.15) is 6.54 Å². The quantitative estimate of drug-likeness (QED) is 0.415. The summed E-state index contributed by atoms with van der Waals surface area (Å²) in [5, 5.41) is 9.74. The second kappa shape index (κ2) is 9.98. The Labute approximate surface area is 193 Å². The van der Waals surface area contributed by atoms with Crippen LogP contribution in [0.5, 0.6) is 0 Å². The number of aromatic nitrogens is 3. The Hall–Kier alpha value is -2.15. The lowest BCUT2D eigenvalue weighted by molar-refractivity contribution is 0.286. The molecule has 0 saturated heterocycles. The Bertz CT molecular complexity index is 1090. The number of thioether (sulfide) groups is 1. The number of nitrogens with zero attached hydrogens (tertiary/aromatic N) is 5. The van der Waals surface area contributed by atoms with Crippen LogP contribution in [0, 0.1) is 0 Å². The molecule has 2 aromatic carbocycles. The van der Waals surface area contributed by atoms with E-state index in [4.69, 9.17) is 16.6 Å². The van der Waals surface area contributed by atoms with Crippen molar-refractivity contribution in [3.63, 3.8) is 0 Å². The molecule has 0 saturated carbocycles. The van der Waals surface area contributed by atoms with E-state index in [-0.39, 0.29) is 0 Å². The molecule has 0 radical (unpaired) electrons. The fraction of sp³-hybridized carbons (Fsp3) is 0.375. The number of hydrogen-bond acceptors (Lipinski definition) is 5. The van der Waals surface area contributed by atoms with Gasteiger partial charge in [0.05, 0.1) is 17.9 Å². The monoisotopic (exact) mass is 453 g/mol. The van der Waals surface area contributed by atoms with Gasteiger partial charge in [-0.3, -0.25) is 14.5 Å². The minimum atomic E-state index is 0.470. The molecule has 2 heterocycles. The Balaban J connectivity index is 1.87. The zero-order valence-corrected chi connectivity index (χ0v) is 19.9. The Kier molecular flexibility index (Phi) is 7.10. The fourth-order valence-electron chi connectivity index (χ4n) is 3.81. The first kappa shape index (κ1) is 22.1. The summed E-state index contributed by atoms with van der Waals surface area (Å²) in [6.07, 6.45) is 1.14. The molecule has 1 aromatic heterocycles. The third-order valence-corrected chi connectivity index (χ3v) is 7.03. The fourth-order valence-corrected chi connectivity index (χ4v) is 4.84. The Morgan fingerprint density at radius 1 is 1.03 bits per heavy atom.